The number of ether oxygens (including phenoxy) is 1. The number of nitrogen functional groups attached to an aromatic ring is 3. The van der Waals surface area contributed by atoms with Gasteiger partial charge in [-0.2, -0.15) is 4.98 Å². The quantitative estimate of drug-likeness (QED) is 0.635. The molecule has 0 aromatic carbocycles. The lowest BCUT2D eigenvalue weighted by atomic mass is 10.3. The van der Waals surface area contributed by atoms with Crippen molar-refractivity contribution in [2.75, 3.05) is 29.6 Å². The first-order valence-corrected chi connectivity index (χ1v) is 5.19. The van der Waals surface area contributed by atoms with Crippen LogP contribution >= 0.6 is 0 Å². The van der Waals surface area contributed by atoms with Crippen LogP contribution in [0, 0.1) is 0 Å². The van der Waals surface area contributed by atoms with E-state index in [0.29, 0.717) is 34.6 Å². The number of pyridine rings is 2. The Morgan fingerprint density at radius 1 is 1.06 bits per heavy atom. The number of hydrogen-bond donors (Lipinski definition) is 4. The first-order chi connectivity index (χ1) is 8.61. The van der Waals surface area contributed by atoms with E-state index in [1.807, 2.05) is 0 Å². The van der Waals surface area contributed by atoms with Crippen molar-refractivity contribution in [3.05, 3.63) is 24.4 Å². The van der Waals surface area contributed by atoms with E-state index in [0.717, 1.165) is 0 Å². The van der Waals surface area contributed by atoms with Gasteiger partial charge in [0.15, 0.2) is 11.6 Å². The molecule has 2 rings (SSSR count). The maximum Gasteiger partial charge on any atom is 0.215 e. The number of methoxy groups -OCH3 is 1. The van der Waals surface area contributed by atoms with Gasteiger partial charge >= 0.3 is 0 Å². The van der Waals surface area contributed by atoms with E-state index in [9.17, 15) is 0 Å². The van der Waals surface area contributed by atoms with E-state index >= 15 is 0 Å². The van der Waals surface area contributed by atoms with E-state index in [4.69, 9.17) is 21.9 Å². The average Bonchev–Trinajstić information content (AvgIpc) is 2.37. The monoisotopic (exact) mass is 246 g/mol. The van der Waals surface area contributed by atoms with Crippen molar-refractivity contribution in [1.29, 1.82) is 0 Å². The molecule has 18 heavy (non-hydrogen) atoms. The van der Waals surface area contributed by atoms with Crippen molar-refractivity contribution in [1.82, 2.24) is 9.97 Å². The van der Waals surface area contributed by atoms with Crippen LogP contribution in [0.1, 0.15) is 0 Å². The minimum absolute atomic E-state index is 0.349. The zero-order valence-electron chi connectivity index (χ0n) is 9.84. The van der Waals surface area contributed by atoms with Crippen molar-refractivity contribution >= 4 is 28.7 Å². The average molecular weight is 246 g/mol. The van der Waals surface area contributed by atoms with Gasteiger partial charge in [-0.15, -0.1) is 0 Å². The molecule has 0 spiro atoms. The Balaban J connectivity index is 2.36. The van der Waals surface area contributed by atoms with Gasteiger partial charge in [0, 0.05) is 12.3 Å². The molecule has 7 heteroatoms. The molecule has 0 aliphatic carbocycles. The molecule has 0 amide bonds. The first-order valence-electron chi connectivity index (χ1n) is 5.19. The Bertz CT molecular complexity index is 571. The van der Waals surface area contributed by atoms with Gasteiger partial charge in [-0.25, -0.2) is 4.98 Å². The minimum atomic E-state index is 0.349. The molecule has 7 nitrogen and oxygen atoms in total. The van der Waals surface area contributed by atoms with Gasteiger partial charge < -0.3 is 27.3 Å². The van der Waals surface area contributed by atoms with Crippen LogP contribution in [0.5, 0.6) is 5.88 Å². The van der Waals surface area contributed by atoms with Gasteiger partial charge in [0.25, 0.3) is 0 Å². The van der Waals surface area contributed by atoms with Crippen LogP contribution < -0.4 is 27.3 Å². The number of rotatable bonds is 3. The van der Waals surface area contributed by atoms with Crippen LogP contribution in [0.25, 0.3) is 0 Å². The number of anilines is 5. The van der Waals surface area contributed by atoms with Crippen LogP contribution in [0.15, 0.2) is 24.4 Å². The normalized spacial score (nSPS) is 10.1. The summed E-state index contributed by atoms with van der Waals surface area (Å²) >= 11 is 0. The maximum absolute atomic E-state index is 5.80. The highest BCUT2D eigenvalue weighted by atomic mass is 16.5. The molecule has 94 valence electrons. The summed E-state index contributed by atoms with van der Waals surface area (Å²) in [5, 5.41) is 2.92. The molecule has 0 unspecified atom stereocenters. The smallest absolute Gasteiger partial charge is 0.215 e. The van der Waals surface area contributed by atoms with Crippen molar-refractivity contribution < 1.29 is 4.74 Å². The molecule has 7 N–H and O–H groups in total. The fraction of sp³-hybridized carbons (Fsp3) is 0.0909. The summed E-state index contributed by atoms with van der Waals surface area (Å²) in [5.41, 5.74) is 18.5. The third-order valence-electron chi connectivity index (χ3n) is 2.37. The van der Waals surface area contributed by atoms with Crippen LogP contribution in [0.3, 0.4) is 0 Å². The van der Waals surface area contributed by atoms with Gasteiger partial charge in [0.1, 0.15) is 0 Å². The lowest BCUT2D eigenvalue weighted by Gasteiger charge is -2.11. The van der Waals surface area contributed by atoms with Gasteiger partial charge in [0.2, 0.25) is 5.88 Å². The Morgan fingerprint density at radius 3 is 2.56 bits per heavy atom. The molecule has 2 heterocycles. The largest absolute Gasteiger partial charge is 0.481 e. The molecular weight excluding hydrogens is 232 g/mol. The number of aromatic nitrogens is 2. The second-order valence-electron chi connectivity index (χ2n) is 3.58. The SMILES string of the molecule is COc1ccc(N)c(Nc2nccc(N)c2N)n1. The summed E-state index contributed by atoms with van der Waals surface area (Å²) in [6.45, 7) is 0. The third kappa shape index (κ3) is 2.19. The Kier molecular flexibility index (Phi) is 3.05. The van der Waals surface area contributed by atoms with Gasteiger partial charge in [-0.3, -0.25) is 0 Å². The Hall–Kier alpha value is -2.70. The van der Waals surface area contributed by atoms with Gasteiger partial charge in [-0.1, -0.05) is 0 Å². The maximum atomic E-state index is 5.80. The minimum Gasteiger partial charge on any atom is -0.481 e. The van der Waals surface area contributed by atoms with Crippen LogP contribution in [0.2, 0.25) is 0 Å². The summed E-state index contributed by atoms with van der Waals surface area (Å²) in [4.78, 5) is 8.24. The van der Waals surface area contributed by atoms with Crippen LogP contribution in [-0.2, 0) is 0 Å². The summed E-state index contributed by atoms with van der Waals surface area (Å²) < 4.78 is 5.02. The molecule has 2 aromatic heterocycles. The van der Waals surface area contributed by atoms with E-state index in [1.54, 1.807) is 24.4 Å². The van der Waals surface area contributed by atoms with E-state index in [2.05, 4.69) is 15.3 Å². The summed E-state index contributed by atoms with van der Waals surface area (Å²) in [6, 6.07) is 4.95. The predicted octanol–water partition coefficient (Wildman–Crippen LogP) is 0.975. The van der Waals surface area contributed by atoms with Gasteiger partial charge in [0.05, 0.1) is 24.2 Å². The van der Waals surface area contributed by atoms with E-state index in [1.165, 1.54) is 7.11 Å². The third-order valence-corrected chi connectivity index (χ3v) is 2.37. The molecule has 0 radical (unpaired) electrons. The fourth-order valence-corrected chi connectivity index (χ4v) is 1.37. The molecule has 0 aliphatic heterocycles. The predicted molar refractivity (Wildman–Crippen MR) is 71.5 cm³/mol. The molecule has 0 saturated heterocycles. The van der Waals surface area contributed by atoms with Gasteiger partial charge in [-0.05, 0) is 12.1 Å². The molecule has 0 saturated carbocycles. The van der Waals surface area contributed by atoms with Crippen LogP contribution in [-0.4, -0.2) is 17.1 Å². The topological polar surface area (TPSA) is 125 Å². The number of nitrogens with two attached hydrogens (primary N) is 3. The Morgan fingerprint density at radius 2 is 1.83 bits per heavy atom. The molecule has 0 fully saturated rings. The lowest BCUT2D eigenvalue weighted by Crippen LogP contribution is -2.05. The fourth-order valence-electron chi connectivity index (χ4n) is 1.37. The standard InChI is InChI=1S/C11H14N6O/c1-18-8-3-2-7(13)10(16-8)17-11-9(14)6(12)4-5-15-11/h2-5H,13-14H2,1H3,(H3,12,15,16,17). The van der Waals surface area contributed by atoms with E-state index < -0.39 is 0 Å². The second kappa shape index (κ2) is 4.66. The van der Waals surface area contributed by atoms with E-state index in [-0.39, 0.29) is 0 Å². The summed E-state index contributed by atoms with van der Waals surface area (Å²) in [5.74, 6) is 1.26. The molecular formula is C11H14N6O. The van der Waals surface area contributed by atoms with Crippen molar-refractivity contribution in [3.63, 3.8) is 0 Å². The zero-order valence-corrected chi connectivity index (χ0v) is 9.84. The number of nitrogens with one attached hydrogen (secondary N) is 1. The molecule has 0 aliphatic rings. The number of hydrogen-bond acceptors (Lipinski definition) is 7. The summed E-state index contributed by atoms with van der Waals surface area (Å²) in [6.07, 6.45) is 1.55. The first kappa shape index (κ1) is 11.8. The number of nitrogens with zero attached hydrogens (tertiary/aromatic N) is 2. The zero-order chi connectivity index (χ0) is 13.1. The lowest BCUT2D eigenvalue weighted by molar-refractivity contribution is 0.398. The molecule has 0 bridgehead atoms. The van der Waals surface area contributed by atoms with Crippen molar-refractivity contribution in [2.45, 2.75) is 0 Å². The summed E-state index contributed by atoms with van der Waals surface area (Å²) in [7, 11) is 1.52. The highest BCUT2D eigenvalue weighted by molar-refractivity contribution is 5.80. The molecule has 2 aromatic rings. The van der Waals surface area contributed by atoms with Crippen LogP contribution in [0.4, 0.5) is 28.7 Å². The Labute approximate surface area is 104 Å². The second-order valence-corrected chi connectivity index (χ2v) is 3.58. The molecule has 0 atom stereocenters. The van der Waals surface area contributed by atoms with Crippen molar-refractivity contribution in [2.24, 2.45) is 0 Å². The van der Waals surface area contributed by atoms with Crippen molar-refractivity contribution in [3.8, 4) is 5.88 Å². The highest BCUT2D eigenvalue weighted by Gasteiger charge is 2.08. The highest BCUT2D eigenvalue weighted by Crippen LogP contribution is 2.28.